The fourth-order valence-electron chi connectivity index (χ4n) is 2.89. The third-order valence-electron chi connectivity index (χ3n) is 4.06. The molecule has 2 amide bonds. The SMILES string of the molecule is CCCNC(=O)C1CCCN(C(=O)C2CC(F)(F)CN2)C1.Cl. The summed E-state index contributed by atoms with van der Waals surface area (Å²) in [4.78, 5) is 25.8. The fourth-order valence-corrected chi connectivity index (χ4v) is 2.89. The zero-order chi connectivity index (χ0) is 15.5. The van der Waals surface area contributed by atoms with E-state index in [9.17, 15) is 18.4 Å². The number of nitrogens with zero attached hydrogens (tertiary/aromatic N) is 1. The molecule has 2 unspecified atom stereocenters. The molecule has 0 saturated carbocycles. The Morgan fingerprint density at radius 2 is 2.14 bits per heavy atom. The second-order valence-corrected chi connectivity index (χ2v) is 5.91. The van der Waals surface area contributed by atoms with Gasteiger partial charge in [0.15, 0.2) is 0 Å². The molecule has 2 atom stereocenters. The molecule has 128 valence electrons. The second kappa shape index (κ2) is 8.06. The number of hydrogen-bond donors (Lipinski definition) is 2. The lowest BCUT2D eigenvalue weighted by Crippen LogP contribution is -2.50. The largest absolute Gasteiger partial charge is 0.356 e. The number of nitrogens with one attached hydrogen (secondary N) is 2. The van der Waals surface area contributed by atoms with Crippen molar-refractivity contribution in [2.75, 3.05) is 26.2 Å². The van der Waals surface area contributed by atoms with Gasteiger partial charge in [0.05, 0.1) is 18.5 Å². The van der Waals surface area contributed by atoms with E-state index in [2.05, 4.69) is 10.6 Å². The van der Waals surface area contributed by atoms with Gasteiger partial charge in [-0.15, -0.1) is 12.4 Å². The first kappa shape index (κ1) is 19.1. The molecule has 5 nitrogen and oxygen atoms in total. The molecule has 2 aliphatic heterocycles. The van der Waals surface area contributed by atoms with Gasteiger partial charge in [-0.25, -0.2) is 8.78 Å². The highest BCUT2D eigenvalue weighted by Gasteiger charge is 2.44. The molecule has 0 radical (unpaired) electrons. The van der Waals surface area contributed by atoms with Crippen LogP contribution in [0.25, 0.3) is 0 Å². The summed E-state index contributed by atoms with van der Waals surface area (Å²) in [5.41, 5.74) is 0. The van der Waals surface area contributed by atoms with Crippen LogP contribution in [0.1, 0.15) is 32.6 Å². The van der Waals surface area contributed by atoms with E-state index in [4.69, 9.17) is 0 Å². The number of halogens is 3. The van der Waals surface area contributed by atoms with Crippen molar-refractivity contribution < 1.29 is 18.4 Å². The molecule has 2 aliphatic rings. The minimum absolute atomic E-state index is 0. The molecular weight excluding hydrogens is 316 g/mol. The summed E-state index contributed by atoms with van der Waals surface area (Å²) in [6.07, 6.45) is 1.89. The van der Waals surface area contributed by atoms with Crippen molar-refractivity contribution in [2.24, 2.45) is 5.92 Å². The Morgan fingerprint density at radius 3 is 2.73 bits per heavy atom. The summed E-state index contributed by atoms with van der Waals surface area (Å²) in [5, 5.41) is 5.41. The average molecular weight is 340 g/mol. The summed E-state index contributed by atoms with van der Waals surface area (Å²) >= 11 is 0. The standard InChI is InChI=1S/C14H23F2N3O2.ClH/c1-2-5-17-12(20)10-4-3-6-19(8-10)13(21)11-7-14(15,16)9-18-11;/h10-11,18H,2-9H2,1H3,(H,17,20);1H. The Morgan fingerprint density at radius 1 is 1.41 bits per heavy atom. The maximum Gasteiger partial charge on any atom is 0.262 e. The van der Waals surface area contributed by atoms with Crippen LogP contribution in [0.4, 0.5) is 8.78 Å². The number of alkyl halides is 2. The molecule has 2 rings (SSSR count). The smallest absolute Gasteiger partial charge is 0.262 e. The Hall–Kier alpha value is -0.950. The first-order valence-electron chi connectivity index (χ1n) is 7.60. The van der Waals surface area contributed by atoms with Crippen molar-refractivity contribution >= 4 is 24.2 Å². The third-order valence-corrected chi connectivity index (χ3v) is 4.06. The van der Waals surface area contributed by atoms with Crippen LogP contribution in [0.15, 0.2) is 0 Å². The maximum absolute atomic E-state index is 13.2. The molecule has 0 bridgehead atoms. The van der Waals surface area contributed by atoms with Gasteiger partial charge in [-0.2, -0.15) is 0 Å². The predicted octanol–water partition coefficient (Wildman–Crippen LogP) is 1.17. The number of amides is 2. The lowest BCUT2D eigenvalue weighted by Gasteiger charge is -2.33. The number of hydrogen-bond acceptors (Lipinski definition) is 3. The third kappa shape index (κ3) is 4.78. The van der Waals surface area contributed by atoms with E-state index in [0.717, 1.165) is 19.3 Å². The van der Waals surface area contributed by atoms with E-state index in [1.165, 1.54) is 0 Å². The van der Waals surface area contributed by atoms with Crippen LogP contribution in [0.3, 0.4) is 0 Å². The summed E-state index contributed by atoms with van der Waals surface area (Å²) in [6, 6.07) is -0.822. The minimum Gasteiger partial charge on any atom is -0.356 e. The lowest BCUT2D eigenvalue weighted by atomic mass is 9.96. The van der Waals surface area contributed by atoms with Gasteiger partial charge >= 0.3 is 0 Å². The van der Waals surface area contributed by atoms with Gasteiger partial charge in [-0.3, -0.25) is 14.9 Å². The van der Waals surface area contributed by atoms with Gasteiger partial charge in [-0.1, -0.05) is 6.92 Å². The van der Waals surface area contributed by atoms with Crippen LogP contribution in [0.2, 0.25) is 0 Å². The van der Waals surface area contributed by atoms with Crippen LogP contribution in [0.5, 0.6) is 0 Å². The topological polar surface area (TPSA) is 61.4 Å². The van der Waals surface area contributed by atoms with Gasteiger partial charge in [0.2, 0.25) is 11.8 Å². The number of carbonyl (C=O) groups excluding carboxylic acids is 2. The molecule has 2 saturated heterocycles. The van der Waals surface area contributed by atoms with E-state index in [1.807, 2.05) is 6.92 Å². The van der Waals surface area contributed by atoms with Crippen molar-refractivity contribution in [2.45, 2.75) is 44.6 Å². The van der Waals surface area contributed by atoms with Crippen molar-refractivity contribution in [3.8, 4) is 0 Å². The van der Waals surface area contributed by atoms with Gasteiger partial charge in [0, 0.05) is 26.1 Å². The Labute approximate surface area is 135 Å². The highest BCUT2D eigenvalue weighted by atomic mass is 35.5. The highest BCUT2D eigenvalue weighted by Crippen LogP contribution is 2.27. The molecular formula is C14H24ClF2N3O2. The first-order valence-corrected chi connectivity index (χ1v) is 7.60. The Balaban J connectivity index is 0.00000242. The van der Waals surface area contributed by atoms with E-state index in [-0.39, 0.29) is 30.1 Å². The van der Waals surface area contributed by atoms with Crippen LogP contribution in [-0.4, -0.2) is 54.9 Å². The molecule has 0 aromatic rings. The summed E-state index contributed by atoms with van der Waals surface area (Å²) in [7, 11) is 0. The predicted molar refractivity (Wildman–Crippen MR) is 81.2 cm³/mol. The van der Waals surface area contributed by atoms with Crippen LogP contribution < -0.4 is 10.6 Å². The molecule has 2 N–H and O–H groups in total. The highest BCUT2D eigenvalue weighted by molar-refractivity contribution is 5.85. The lowest BCUT2D eigenvalue weighted by molar-refractivity contribution is -0.137. The van der Waals surface area contributed by atoms with Crippen LogP contribution in [0, 0.1) is 5.92 Å². The zero-order valence-electron chi connectivity index (χ0n) is 12.7. The number of carbonyl (C=O) groups is 2. The number of likely N-dealkylation sites (tertiary alicyclic amines) is 1. The maximum atomic E-state index is 13.2. The molecule has 22 heavy (non-hydrogen) atoms. The molecule has 0 spiro atoms. The van der Waals surface area contributed by atoms with Crippen molar-refractivity contribution in [3.63, 3.8) is 0 Å². The molecule has 8 heteroatoms. The van der Waals surface area contributed by atoms with Gasteiger partial charge in [-0.05, 0) is 19.3 Å². The quantitative estimate of drug-likeness (QED) is 0.808. The Bertz CT molecular complexity index is 410. The van der Waals surface area contributed by atoms with E-state index < -0.39 is 24.9 Å². The molecule has 2 fully saturated rings. The summed E-state index contributed by atoms with van der Waals surface area (Å²) in [6.45, 7) is 3.03. The summed E-state index contributed by atoms with van der Waals surface area (Å²) in [5.74, 6) is -3.39. The number of piperidine rings is 1. The molecule has 0 aliphatic carbocycles. The normalized spacial score (nSPS) is 27.1. The van der Waals surface area contributed by atoms with Gasteiger partial charge in [0.25, 0.3) is 5.92 Å². The first-order chi connectivity index (χ1) is 9.93. The van der Waals surface area contributed by atoms with E-state index in [0.29, 0.717) is 19.6 Å². The van der Waals surface area contributed by atoms with Crippen LogP contribution >= 0.6 is 12.4 Å². The number of rotatable bonds is 4. The molecule has 2 heterocycles. The van der Waals surface area contributed by atoms with E-state index >= 15 is 0 Å². The van der Waals surface area contributed by atoms with Crippen molar-refractivity contribution in [1.29, 1.82) is 0 Å². The zero-order valence-corrected chi connectivity index (χ0v) is 13.6. The Kier molecular flexibility index (Phi) is 6.99. The van der Waals surface area contributed by atoms with Crippen LogP contribution in [-0.2, 0) is 9.59 Å². The van der Waals surface area contributed by atoms with Crippen molar-refractivity contribution in [3.05, 3.63) is 0 Å². The molecule has 0 aromatic heterocycles. The van der Waals surface area contributed by atoms with Crippen molar-refractivity contribution in [1.82, 2.24) is 15.5 Å². The van der Waals surface area contributed by atoms with Gasteiger partial charge in [0.1, 0.15) is 0 Å². The van der Waals surface area contributed by atoms with Gasteiger partial charge < -0.3 is 10.2 Å². The minimum atomic E-state index is -2.81. The average Bonchev–Trinajstić information content (AvgIpc) is 2.84. The fraction of sp³-hybridized carbons (Fsp3) is 0.857. The van der Waals surface area contributed by atoms with E-state index in [1.54, 1.807) is 4.90 Å². The second-order valence-electron chi connectivity index (χ2n) is 5.91. The monoisotopic (exact) mass is 339 g/mol. The summed E-state index contributed by atoms with van der Waals surface area (Å²) < 4.78 is 26.3. The molecule has 0 aromatic carbocycles.